The highest BCUT2D eigenvalue weighted by Crippen LogP contribution is 2.20. The van der Waals surface area contributed by atoms with Gasteiger partial charge in [-0.3, -0.25) is 10.6 Å². The Bertz CT molecular complexity index is 603. The average Bonchev–Trinajstić information content (AvgIpc) is 2.43. The molecule has 1 amide bonds. The summed E-state index contributed by atoms with van der Waals surface area (Å²) >= 11 is 5.73. The maximum absolute atomic E-state index is 13.4. The summed E-state index contributed by atoms with van der Waals surface area (Å²) in [6, 6.07) is 6.94. The standard InChI is InChI=1S/C12H10ClFN4O/c13-7-1-3-9(14)11(5-7)17-12(19)10-4-2-8(18-15)6-16-10/h1-6,18H,15H2,(H,17,19). The number of rotatable bonds is 3. The molecule has 0 radical (unpaired) electrons. The van der Waals surface area contributed by atoms with Crippen LogP contribution in [-0.2, 0) is 0 Å². The van der Waals surface area contributed by atoms with Gasteiger partial charge in [-0.2, -0.15) is 0 Å². The van der Waals surface area contributed by atoms with Gasteiger partial charge < -0.3 is 10.7 Å². The highest BCUT2D eigenvalue weighted by atomic mass is 35.5. The van der Waals surface area contributed by atoms with E-state index in [2.05, 4.69) is 15.7 Å². The number of nitrogens with zero attached hydrogens (tertiary/aromatic N) is 1. The molecule has 5 nitrogen and oxygen atoms in total. The number of carbonyl (C=O) groups is 1. The number of aromatic nitrogens is 1. The molecular weight excluding hydrogens is 271 g/mol. The number of benzene rings is 1. The fourth-order valence-electron chi connectivity index (χ4n) is 1.39. The van der Waals surface area contributed by atoms with Gasteiger partial charge in [0.2, 0.25) is 0 Å². The third kappa shape index (κ3) is 3.18. The van der Waals surface area contributed by atoms with Crippen LogP contribution >= 0.6 is 11.6 Å². The number of hydrogen-bond donors (Lipinski definition) is 3. The monoisotopic (exact) mass is 280 g/mol. The molecule has 7 heteroatoms. The normalized spacial score (nSPS) is 10.1. The molecule has 0 atom stereocenters. The van der Waals surface area contributed by atoms with Crippen LogP contribution in [0.15, 0.2) is 36.5 Å². The van der Waals surface area contributed by atoms with Crippen molar-refractivity contribution >= 4 is 28.9 Å². The van der Waals surface area contributed by atoms with Gasteiger partial charge in [-0.15, -0.1) is 0 Å². The molecular formula is C12H10ClFN4O. The summed E-state index contributed by atoms with van der Waals surface area (Å²) in [4.78, 5) is 15.7. The molecule has 0 saturated carbocycles. The van der Waals surface area contributed by atoms with Crippen LogP contribution in [0.1, 0.15) is 10.5 Å². The van der Waals surface area contributed by atoms with Crippen LogP contribution in [0, 0.1) is 5.82 Å². The van der Waals surface area contributed by atoms with E-state index in [1.165, 1.54) is 30.5 Å². The Labute approximate surface area is 113 Å². The van der Waals surface area contributed by atoms with Crippen molar-refractivity contribution < 1.29 is 9.18 Å². The van der Waals surface area contributed by atoms with Crippen LogP contribution in [-0.4, -0.2) is 10.9 Å². The van der Waals surface area contributed by atoms with E-state index in [0.29, 0.717) is 10.7 Å². The zero-order valence-electron chi connectivity index (χ0n) is 9.65. The second-order valence-electron chi connectivity index (χ2n) is 3.65. The Morgan fingerprint density at radius 1 is 1.32 bits per heavy atom. The predicted molar refractivity (Wildman–Crippen MR) is 71.4 cm³/mol. The first-order valence-electron chi connectivity index (χ1n) is 5.29. The van der Waals surface area contributed by atoms with E-state index in [4.69, 9.17) is 17.4 Å². The lowest BCUT2D eigenvalue weighted by molar-refractivity contribution is 0.102. The van der Waals surface area contributed by atoms with Crippen LogP contribution in [0.4, 0.5) is 15.8 Å². The second-order valence-corrected chi connectivity index (χ2v) is 4.09. The molecule has 2 rings (SSSR count). The smallest absolute Gasteiger partial charge is 0.274 e. The molecule has 2 aromatic rings. The highest BCUT2D eigenvalue weighted by molar-refractivity contribution is 6.31. The summed E-state index contributed by atoms with van der Waals surface area (Å²) in [7, 11) is 0. The number of halogens is 2. The maximum atomic E-state index is 13.4. The van der Waals surface area contributed by atoms with Crippen LogP contribution in [0.3, 0.4) is 0 Å². The Hall–Kier alpha value is -2.18. The van der Waals surface area contributed by atoms with Gasteiger partial charge in [-0.25, -0.2) is 9.37 Å². The van der Waals surface area contributed by atoms with Crippen molar-refractivity contribution in [3.63, 3.8) is 0 Å². The fraction of sp³-hybridized carbons (Fsp3) is 0. The molecule has 0 aliphatic heterocycles. The van der Waals surface area contributed by atoms with Crippen molar-refractivity contribution in [2.45, 2.75) is 0 Å². The van der Waals surface area contributed by atoms with Gasteiger partial charge >= 0.3 is 0 Å². The topological polar surface area (TPSA) is 80.0 Å². The number of anilines is 2. The zero-order chi connectivity index (χ0) is 13.8. The molecule has 0 saturated heterocycles. The number of nitrogen functional groups attached to an aromatic ring is 1. The van der Waals surface area contributed by atoms with Crippen molar-refractivity contribution in [1.82, 2.24) is 4.98 Å². The molecule has 19 heavy (non-hydrogen) atoms. The number of hydrogen-bond acceptors (Lipinski definition) is 4. The number of nitrogens with one attached hydrogen (secondary N) is 2. The third-order valence-corrected chi connectivity index (χ3v) is 2.57. The summed E-state index contributed by atoms with van der Waals surface area (Å²) in [5.41, 5.74) is 3.09. The lowest BCUT2D eigenvalue weighted by atomic mass is 10.2. The van der Waals surface area contributed by atoms with Gasteiger partial charge in [0.25, 0.3) is 5.91 Å². The lowest BCUT2D eigenvalue weighted by Gasteiger charge is -2.07. The fourth-order valence-corrected chi connectivity index (χ4v) is 1.57. The SMILES string of the molecule is NNc1ccc(C(=O)Nc2cc(Cl)ccc2F)nc1. The van der Waals surface area contributed by atoms with Gasteiger partial charge in [0.1, 0.15) is 11.5 Å². The number of hydrazine groups is 1. The first kappa shape index (κ1) is 13.3. The summed E-state index contributed by atoms with van der Waals surface area (Å²) in [5.74, 6) is 4.07. The van der Waals surface area contributed by atoms with Crippen molar-refractivity contribution in [2.75, 3.05) is 10.7 Å². The highest BCUT2D eigenvalue weighted by Gasteiger charge is 2.10. The average molecular weight is 281 g/mol. The van der Waals surface area contributed by atoms with Crippen molar-refractivity contribution in [3.05, 3.63) is 53.1 Å². The van der Waals surface area contributed by atoms with E-state index in [1.54, 1.807) is 6.07 Å². The maximum Gasteiger partial charge on any atom is 0.274 e. The van der Waals surface area contributed by atoms with E-state index in [0.717, 1.165) is 0 Å². The molecule has 0 aliphatic carbocycles. The molecule has 98 valence electrons. The number of carbonyl (C=O) groups excluding carboxylic acids is 1. The minimum atomic E-state index is -0.571. The van der Waals surface area contributed by atoms with Gasteiger partial charge in [-0.05, 0) is 30.3 Å². The van der Waals surface area contributed by atoms with Crippen molar-refractivity contribution in [1.29, 1.82) is 0 Å². The van der Waals surface area contributed by atoms with Gasteiger partial charge in [-0.1, -0.05) is 11.6 Å². The Kier molecular flexibility index (Phi) is 3.94. The van der Waals surface area contributed by atoms with E-state index < -0.39 is 11.7 Å². The number of nitrogens with two attached hydrogens (primary N) is 1. The second kappa shape index (κ2) is 5.64. The molecule has 1 heterocycles. The minimum absolute atomic E-state index is 0.000302. The third-order valence-electron chi connectivity index (χ3n) is 2.34. The van der Waals surface area contributed by atoms with E-state index >= 15 is 0 Å². The molecule has 0 fully saturated rings. The van der Waals surface area contributed by atoms with Gasteiger partial charge in [0.15, 0.2) is 0 Å². The summed E-state index contributed by atoms with van der Waals surface area (Å²) in [6.07, 6.45) is 1.39. The summed E-state index contributed by atoms with van der Waals surface area (Å²) < 4.78 is 13.4. The Morgan fingerprint density at radius 2 is 2.11 bits per heavy atom. The summed E-state index contributed by atoms with van der Waals surface area (Å²) in [5, 5.41) is 2.72. The molecule has 1 aromatic heterocycles. The Balaban J connectivity index is 2.18. The van der Waals surface area contributed by atoms with Gasteiger partial charge in [0, 0.05) is 5.02 Å². The van der Waals surface area contributed by atoms with Crippen LogP contribution in [0.25, 0.3) is 0 Å². The zero-order valence-corrected chi connectivity index (χ0v) is 10.4. The van der Waals surface area contributed by atoms with Crippen LogP contribution in [0.2, 0.25) is 5.02 Å². The lowest BCUT2D eigenvalue weighted by Crippen LogP contribution is -2.15. The molecule has 0 spiro atoms. The van der Waals surface area contributed by atoms with Crippen LogP contribution < -0.4 is 16.6 Å². The van der Waals surface area contributed by atoms with Gasteiger partial charge in [0.05, 0.1) is 17.6 Å². The first-order chi connectivity index (χ1) is 9.10. The molecule has 0 unspecified atom stereocenters. The largest absolute Gasteiger partial charge is 0.323 e. The van der Waals surface area contributed by atoms with Crippen LogP contribution in [0.5, 0.6) is 0 Å². The molecule has 0 aliphatic rings. The quantitative estimate of drug-likeness (QED) is 0.596. The van der Waals surface area contributed by atoms with E-state index in [1.807, 2.05) is 0 Å². The molecule has 4 N–H and O–H groups in total. The van der Waals surface area contributed by atoms with E-state index in [9.17, 15) is 9.18 Å². The molecule has 1 aromatic carbocycles. The molecule has 0 bridgehead atoms. The van der Waals surface area contributed by atoms with Crippen molar-refractivity contribution in [3.8, 4) is 0 Å². The van der Waals surface area contributed by atoms with Crippen molar-refractivity contribution in [2.24, 2.45) is 5.84 Å². The van der Waals surface area contributed by atoms with E-state index in [-0.39, 0.29) is 11.4 Å². The summed E-state index contributed by atoms with van der Waals surface area (Å²) in [6.45, 7) is 0. The first-order valence-corrected chi connectivity index (χ1v) is 5.67. The number of amides is 1. The minimum Gasteiger partial charge on any atom is -0.323 e. The Morgan fingerprint density at radius 3 is 2.74 bits per heavy atom. The predicted octanol–water partition coefficient (Wildman–Crippen LogP) is 2.41. The number of pyridine rings is 1.